The van der Waals surface area contributed by atoms with Gasteiger partial charge in [-0.05, 0) is 43.9 Å². The van der Waals surface area contributed by atoms with Crippen LogP contribution in [0, 0.1) is 0 Å². The minimum absolute atomic E-state index is 0.187. The van der Waals surface area contributed by atoms with E-state index < -0.39 is 5.97 Å². The fraction of sp³-hybridized carbons (Fsp3) is 0.333. The lowest BCUT2D eigenvalue weighted by atomic mass is 9.93. The number of hydrogen-bond acceptors (Lipinski definition) is 7. The molecule has 4 N–H and O–H groups in total. The zero-order valence-electron chi connectivity index (χ0n) is 14.5. The first kappa shape index (κ1) is 17.2. The van der Waals surface area contributed by atoms with E-state index in [-0.39, 0.29) is 17.7 Å². The molecular weight excluding hydrogens is 348 g/mol. The Labute approximate surface area is 155 Å². The highest BCUT2D eigenvalue weighted by Gasteiger charge is 2.20. The van der Waals surface area contributed by atoms with Crippen LogP contribution < -0.4 is 10.6 Å². The normalized spacial score (nSPS) is 19.7. The average molecular weight is 368 g/mol. The van der Waals surface area contributed by atoms with Crippen LogP contribution in [0.5, 0.6) is 0 Å². The van der Waals surface area contributed by atoms with Gasteiger partial charge in [-0.1, -0.05) is 6.07 Å². The van der Waals surface area contributed by atoms with Crippen molar-refractivity contribution in [3.05, 3.63) is 42.1 Å². The Morgan fingerprint density at radius 3 is 2.78 bits per heavy atom. The minimum atomic E-state index is -0.991. The summed E-state index contributed by atoms with van der Waals surface area (Å²) in [6, 6.07) is 8.45. The summed E-state index contributed by atoms with van der Waals surface area (Å²) in [5, 5.41) is 29.6. The molecule has 0 unspecified atom stereocenters. The van der Waals surface area contributed by atoms with E-state index in [0.717, 1.165) is 25.7 Å². The largest absolute Gasteiger partial charge is 0.478 e. The molecule has 9 nitrogen and oxygen atoms in total. The molecule has 1 aliphatic rings. The Balaban J connectivity index is 1.55. The second-order valence-corrected chi connectivity index (χ2v) is 6.63. The van der Waals surface area contributed by atoms with Crippen LogP contribution in [0.15, 0.2) is 36.5 Å². The number of nitrogens with one attached hydrogen (secondary N) is 2. The van der Waals surface area contributed by atoms with E-state index in [4.69, 9.17) is 5.11 Å². The summed E-state index contributed by atoms with van der Waals surface area (Å²) in [6.07, 6.45) is 4.76. The molecule has 1 saturated carbocycles. The SMILES string of the molecule is O=C(O)c1cccc(Nc2nc3ccnc(NC4CCC(O)CC4)n3n2)c1. The van der Waals surface area contributed by atoms with Gasteiger partial charge in [0.15, 0.2) is 5.65 Å². The zero-order valence-corrected chi connectivity index (χ0v) is 14.5. The summed E-state index contributed by atoms with van der Waals surface area (Å²) in [5.74, 6) is -0.0451. The van der Waals surface area contributed by atoms with Crippen molar-refractivity contribution in [3.8, 4) is 0 Å². The number of rotatable bonds is 5. The van der Waals surface area contributed by atoms with E-state index >= 15 is 0 Å². The molecule has 0 aliphatic heterocycles. The van der Waals surface area contributed by atoms with Crippen LogP contribution in [0.25, 0.3) is 5.65 Å². The van der Waals surface area contributed by atoms with Crippen LogP contribution >= 0.6 is 0 Å². The molecule has 0 saturated heterocycles. The molecule has 0 bridgehead atoms. The van der Waals surface area contributed by atoms with Gasteiger partial charge in [0.05, 0.1) is 11.7 Å². The Kier molecular flexibility index (Phi) is 4.59. The molecule has 4 rings (SSSR count). The van der Waals surface area contributed by atoms with Gasteiger partial charge in [-0.3, -0.25) is 0 Å². The molecular formula is C18H20N6O3. The lowest BCUT2D eigenvalue weighted by Crippen LogP contribution is -2.29. The predicted octanol–water partition coefficient (Wildman–Crippen LogP) is 2.28. The van der Waals surface area contributed by atoms with Crippen molar-refractivity contribution in [1.29, 1.82) is 0 Å². The van der Waals surface area contributed by atoms with E-state index in [1.54, 1.807) is 28.9 Å². The number of aliphatic hydroxyl groups is 1. The van der Waals surface area contributed by atoms with Crippen molar-refractivity contribution < 1.29 is 15.0 Å². The third-order valence-corrected chi connectivity index (χ3v) is 4.65. The summed E-state index contributed by atoms with van der Waals surface area (Å²) < 4.78 is 1.62. The molecule has 0 radical (unpaired) electrons. The molecule has 1 fully saturated rings. The molecule has 0 amide bonds. The van der Waals surface area contributed by atoms with Gasteiger partial charge in [-0.25, -0.2) is 9.78 Å². The first-order chi connectivity index (χ1) is 13.1. The molecule has 140 valence electrons. The second kappa shape index (κ2) is 7.20. The highest BCUT2D eigenvalue weighted by Crippen LogP contribution is 2.22. The fourth-order valence-electron chi connectivity index (χ4n) is 3.23. The van der Waals surface area contributed by atoms with E-state index in [1.807, 2.05) is 0 Å². The lowest BCUT2D eigenvalue weighted by Gasteiger charge is -2.26. The molecule has 9 heteroatoms. The van der Waals surface area contributed by atoms with E-state index in [2.05, 4.69) is 25.7 Å². The molecule has 2 aromatic heterocycles. The van der Waals surface area contributed by atoms with Crippen molar-refractivity contribution in [1.82, 2.24) is 19.6 Å². The summed E-state index contributed by atoms with van der Waals surface area (Å²) in [7, 11) is 0. The van der Waals surface area contributed by atoms with Crippen molar-refractivity contribution in [2.45, 2.75) is 37.8 Å². The molecule has 1 aromatic carbocycles. The minimum Gasteiger partial charge on any atom is -0.478 e. The van der Waals surface area contributed by atoms with Gasteiger partial charge in [0, 0.05) is 24.0 Å². The summed E-state index contributed by atoms with van der Waals surface area (Å²) in [6.45, 7) is 0. The first-order valence-electron chi connectivity index (χ1n) is 8.85. The van der Waals surface area contributed by atoms with Gasteiger partial charge < -0.3 is 20.8 Å². The Morgan fingerprint density at radius 1 is 1.19 bits per heavy atom. The van der Waals surface area contributed by atoms with E-state index in [1.165, 1.54) is 12.1 Å². The summed E-state index contributed by atoms with van der Waals surface area (Å²) >= 11 is 0. The predicted molar refractivity (Wildman–Crippen MR) is 99.4 cm³/mol. The monoisotopic (exact) mass is 368 g/mol. The molecule has 0 spiro atoms. The maximum absolute atomic E-state index is 11.1. The summed E-state index contributed by atoms with van der Waals surface area (Å²) in [4.78, 5) is 19.9. The molecule has 0 atom stereocenters. The first-order valence-corrected chi connectivity index (χ1v) is 8.85. The van der Waals surface area contributed by atoms with Gasteiger partial charge in [0.25, 0.3) is 0 Å². The maximum atomic E-state index is 11.1. The van der Waals surface area contributed by atoms with E-state index in [9.17, 15) is 9.90 Å². The Morgan fingerprint density at radius 2 is 2.00 bits per heavy atom. The third-order valence-electron chi connectivity index (χ3n) is 4.65. The van der Waals surface area contributed by atoms with Gasteiger partial charge in [0.1, 0.15) is 0 Å². The zero-order chi connectivity index (χ0) is 18.8. The number of carboxylic acids is 1. The number of anilines is 3. The maximum Gasteiger partial charge on any atom is 0.335 e. The lowest BCUT2D eigenvalue weighted by molar-refractivity contribution is 0.0697. The Hall–Kier alpha value is -3.20. The number of aromatic carboxylic acids is 1. The van der Waals surface area contributed by atoms with Crippen LogP contribution in [0.2, 0.25) is 0 Å². The number of hydrogen-bond donors (Lipinski definition) is 4. The second-order valence-electron chi connectivity index (χ2n) is 6.63. The Bertz CT molecular complexity index is 965. The number of carboxylic acid groups (broad SMARTS) is 1. The topological polar surface area (TPSA) is 125 Å². The molecule has 2 heterocycles. The highest BCUT2D eigenvalue weighted by molar-refractivity contribution is 5.89. The number of carbonyl (C=O) groups is 1. The van der Waals surface area contributed by atoms with Crippen LogP contribution in [0.4, 0.5) is 17.6 Å². The standard InChI is InChI=1S/C18H20N6O3/c25-14-6-4-12(5-7-14)21-18-19-9-8-15-22-17(23-24(15)18)20-13-3-1-2-11(10-13)16(26)27/h1-3,8-10,12,14,25H,4-7H2,(H,19,21)(H,20,23)(H,26,27). The van der Waals surface area contributed by atoms with Crippen LogP contribution in [0.3, 0.4) is 0 Å². The van der Waals surface area contributed by atoms with Crippen molar-refractivity contribution in [3.63, 3.8) is 0 Å². The molecule has 3 aromatic rings. The highest BCUT2D eigenvalue weighted by atomic mass is 16.4. The average Bonchev–Trinajstić information content (AvgIpc) is 3.07. The van der Waals surface area contributed by atoms with Gasteiger partial charge in [-0.15, -0.1) is 5.10 Å². The van der Waals surface area contributed by atoms with Crippen LogP contribution in [-0.2, 0) is 0 Å². The van der Waals surface area contributed by atoms with E-state index in [0.29, 0.717) is 23.2 Å². The smallest absolute Gasteiger partial charge is 0.335 e. The number of benzene rings is 1. The quantitative estimate of drug-likeness (QED) is 0.541. The number of aliphatic hydroxyl groups excluding tert-OH is 1. The van der Waals surface area contributed by atoms with Crippen molar-refractivity contribution in [2.75, 3.05) is 10.6 Å². The van der Waals surface area contributed by atoms with Gasteiger partial charge in [-0.2, -0.15) is 9.50 Å². The number of aromatic nitrogens is 4. The number of nitrogens with zero attached hydrogens (tertiary/aromatic N) is 4. The van der Waals surface area contributed by atoms with Crippen molar-refractivity contribution in [2.24, 2.45) is 0 Å². The van der Waals surface area contributed by atoms with Crippen LogP contribution in [0.1, 0.15) is 36.0 Å². The molecule has 27 heavy (non-hydrogen) atoms. The third kappa shape index (κ3) is 3.82. The number of fused-ring (bicyclic) bond motifs is 1. The van der Waals surface area contributed by atoms with Crippen LogP contribution in [-0.4, -0.2) is 47.9 Å². The van der Waals surface area contributed by atoms with Gasteiger partial charge >= 0.3 is 5.97 Å². The fourth-order valence-corrected chi connectivity index (χ4v) is 3.23. The van der Waals surface area contributed by atoms with Gasteiger partial charge in [0.2, 0.25) is 11.9 Å². The molecule has 1 aliphatic carbocycles. The summed E-state index contributed by atoms with van der Waals surface area (Å²) in [5.41, 5.74) is 1.40. The van der Waals surface area contributed by atoms with Crippen molar-refractivity contribution >= 4 is 29.2 Å².